The van der Waals surface area contributed by atoms with Crippen LogP contribution < -0.4 is 4.74 Å². The van der Waals surface area contributed by atoms with E-state index in [0.717, 1.165) is 18.4 Å². The number of aliphatic hydroxyl groups is 2. The molecule has 2 N–H and O–H groups in total. The van der Waals surface area contributed by atoms with Gasteiger partial charge >= 0.3 is 11.9 Å². The molecule has 0 heterocycles. The standard InChI is InChI=1S/C27H42O6/c1-3-4-5-6-7-8-9-10-11-12-13-14-26(30)33-25-17-15-23(16-18-25)19-22(2)27(31)32-21-24(29)20-28/h15-19,24,28-29H,3-14,20-21H2,1-2H3/b22-19+. The van der Waals surface area contributed by atoms with Crippen molar-refractivity contribution in [2.75, 3.05) is 13.2 Å². The number of unbranched alkanes of at least 4 members (excludes halogenated alkanes) is 10. The molecule has 0 saturated carbocycles. The summed E-state index contributed by atoms with van der Waals surface area (Å²) in [7, 11) is 0. The summed E-state index contributed by atoms with van der Waals surface area (Å²) in [4.78, 5) is 23.9. The molecule has 0 aromatic heterocycles. The molecule has 33 heavy (non-hydrogen) atoms. The van der Waals surface area contributed by atoms with Crippen LogP contribution in [0, 0.1) is 0 Å². The largest absolute Gasteiger partial charge is 0.459 e. The quantitative estimate of drug-likeness (QED) is 0.128. The van der Waals surface area contributed by atoms with E-state index >= 15 is 0 Å². The first-order chi connectivity index (χ1) is 16.0. The Kier molecular flexibility index (Phi) is 16.0. The monoisotopic (exact) mass is 462 g/mol. The van der Waals surface area contributed by atoms with Crippen molar-refractivity contribution < 1.29 is 29.3 Å². The van der Waals surface area contributed by atoms with E-state index in [-0.39, 0.29) is 12.6 Å². The lowest BCUT2D eigenvalue weighted by Crippen LogP contribution is -2.22. The van der Waals surface area contributed by atoms with Gasteiger partial charge in [-0.1, -0.05) is 83.3 Å². The SMILES string of the molecule is CCCCCCCCCCCCCC(=O)Oc1ccc(/C=C(\C)C(=O)OCC(O)CO)cc1. The Morgan fingerprint density at radius 1 is 0.909 bits per heavy atom. The summed E-state index contributed by atoms with van der Waals surface area (Å²) in [5.41, 5.74) is 1.12. The maximum Gasteiger partial charge on any atom is 0.333 e. The van der Waals surface area contributed by atoms with Gasteiger partial charge in [0.05, 0.1) is 6.61 Å². The highest BCUT2D eigenvalue weighted by molar-refractivity contribution is 5.93. The van der Waals surface area contributed by atoms with Crippen molar-refractivity contribution in [3.63, 3.8) is 0 Å². The van der Waals surface area contributed by atoms with Gasteiger partial charge in [0.25, 0.3) is 0 Å². The second kappa shape index (κ2) is 18.3. The highest BCUT2D eigenvalue weighted by atomic mass is 16.5. The first-order valence-corrected chi connectivity index (χ1v) is 12.4. The molecule has 0 saturated heterocycles. The van der Waals surface area contributed by atoms with Crippen LogP contribution in [0.4, 0.5) is 0 Å². The van der Waals surface area contributed by atoms with Gasteiger partial charge in [-0.3, -0.25) is 4.79 Å². The minimum absolute atomic E-state index is 0.226. The van der Waals surface area contributed by atoms with Gasteiger partial charge in [0.15, 0.2) is 0 Å². The van der Waals surface area contributed by atoms with Crippen LogP contribution in [-0.4, -0.2) is 41.5 Å². The molecule has 0 bridgehead atoms. The number of carbonyl (C=O) groups excluding carboxylic acids is 2. The number of esters is 2. The van der Waals surface area contributed by atoms with Crippen LogP contribution in [0.3, 0.4) is 0 Å². The summed E-state index contributed by atoms with van der Waals surface area (Å²) in [6.45, 7) is 3.13. The third-order valence-electron chi connectivity index (χ3n) is 5.42. The predicted octanol–water partition coefficient (Wildman–Crippen LogP) is 5.59. The first-order valence-electron chi connectivity index (χ1n) is 12.4. The Bertz CT molecular complexity index is 695. The first kappa shape index (κ1) is 28.9. The van der Waals surface area contributed by atoms with E-state index in [1.54, 1.807) is 37.3 Å². The van der Waals surface area contributed by atoms with E-state index in [1.807, 2.05) is 0 Å². The average molecular weight is 463 g/mol. The topological polar surface area (TPSA) is 93.1 Å². The van der Waals surface area contributed by atoms with E-state index in [9.17, 15) is 14.7 Å². The molecule has 1 unspecified atom stereocenters. The lowest BCUT2D eigenvalue weighted by molar-refractivity contribution is -0.142. The Hall–Kier alpha value is -2.18. The Balaban J connectivity index is 2.21. The summed E-state index contributed by atoms with van der Waals surface area (Å²) in [6, 6.07) is 6.89. The van der Waals surface area contributed by atoms with Gasteiger partial charge in [-0.05, 0) is 37.1 Å². The molecular weight excluding hydrogens is 420 g/mol. The van der Waals surface area contributed by atoms with Gasteiger partial charge in [0.2, 0.25) is 0 Å². The van der Waals surface area contributed by atoms with Crippen LogP contribution >= 0.6 is 0 Å². The lowest BCUT2D eigenvalue weighted by Gasteiger charge is -2.08. The third-order valence-corrected chi connectivity index (χ3v) is 5.42. The summed E-state index contributed by atoms with van der Waals surface area (Å²) in [6.07, 6.45) is 14.6. The maximum absolute atomic E-state index is 12.0. The molecule has 0 aliphatic rings. The normalized spacial score (nSPS) is 12.4. The summed E-state index contributed by atoms with van der Waals surface area (Å²) >= 11 is 0. The third kappa shape index (κ3) is 14.6. The molecule has 6 nitrogen and oxygen atoms in total. The molecule has 0 fully saturated rings. The van der Waals surface area contributed by atoms with Crippen LogP contribution in [0.1, 0.15) is 96.5 Å². The maximum atomic E-state index is 12.0. The summed E-state index contributed by atoms with van der Waals surface area (Å²) < 4.78 is 10.3. The molecule has 186 valence electrons. The van der Waals surface area contributed by atoms with Crippen LogP contribution in [0.15, 0.2) is 29.8 Å². The van der Waals surface area contributed by atoms with E-state index in [0.29, 0.717) is 17.7 Å². The highest BCUT2D eigenvalue weighted by Crippen LogP contribution is 2.17. The van der Waals surface area contributed by atoms with E-state index in [4.69, 9.17) is 14.6 Å². The van der Waals surface area contributed by atoms with Crippen LogP contribution in [0.2, 0.25) is 0 Å². The average Bonchev–Trinajstić information content (AvgIpc) is 2.81. The summed E-state index contributed by atoms with van der Waals surface area (Å²) in [5.74, 6) is -0.312. The Morgan fingerprint density at radius 2 is 1.45 bits per heavy atom. The van der Waals surface area contributed by atoms with Crippen LogP contribution in [0.5, 0.6) is 5.75 Å². The molecule has 1 aromatic rings. The number of hydrogen-bond donors (Lipinski definition) is 2. The van der Waals surface area contributed by atoms with Crippen molar-refractivity contribution in [2.24, 2.45) is 0 Å². The molecule has 0 aliphatic carbocycles. The van der Waals surface area contributed by atoms with E-state index in [2.05, 4.69) is 6.92 Å². The zero-order valence-electron chi connectivity index (χ0n) is 20.4. The second-order valence-corrected chi connectivity index (χ2v) is 8.59. The van der Waals surface area contributed by atoms with Crippen molar-refractivity contribution in [1.29, 1.82) is 0 Å². The molecule has 1 atom stereocenters. The van der Waals surface area contributed by atoms with E-state index in [1.165, 1.54) is 57.8 Å². The lowest BCUT2D eigenvalue weighted by atomic mass is 10.1. The van der Waals surface area contributed by atoms with Crippen LogP contribution in [-0.2, 0) is 14.3 Å². The number of hydrogen-bond acceptors (Lipinski definition) is 6. The van der Waals surface area contributed by atoms with Crippen molar-refractivity contribution in [3.8, 4) is 5.75 Å². The fraction of sp³-hybridized carbons (Fsp3) is 0.630. The number of rotatable bonds is 18. The second-order valence-electron chi connectivity index (χ2n) is 8.59. The molecular formula is C27H42O6. The zero-order valence-corrected chi connectivity index (χ0v) is 20.4. The highest BCUT2D eigenvalue weighted by Gasteiger charge is 2.10. The number of aliphatic hydroxyl groups excluding tert-OH is 2. The van der Waals surface area contributed by atoms with Crippen molar-refractivity contribution >= 4 is 18.0 Å². The molecule has 0 aliphatic heterocycles. The Labute approximate surface area is 199 Å². The van der Waals surface area contributed by atoms with E-state index < -0.39 is 18.7 Å². The minimum Gasteiger partial charge on any atom is -0.459 e. The van der Waals surface area contributed by atoms with Gasteiger partial charge in [0.1, 0.15) is 18.5 Å². The van der Waals surface area contributed by atoms with Crippen molar-refractivity contribution in [2.45, 2.75) is 97.0 Å². The molecule has 0 spiro atoms. The van der Waals surface area contributed by atoms with Crippen molar-refractivity contribution in [3.05, 3.63) is 35.4 Å². The molecule has 1 rings (SSSR count). The fourth-order valence-corrected chi connectivity index (χ4v) is 3.40. The molecule has 1 aromatic carbocycles. The molecule has 0 radical (unpaired) electrons. The van der Waals surface area contributed by atoms with Gasteiger partial charge in [-0.15, -0.1) is 0 Å². The fourth-order valence-electron chi connectivity index (χ4n) is 3.40. The number of benzene rings is 1. The number of carbonyl (C=O) groups is 2. The summed E-state index contributed by atoms with van der Waals surface area (Å²) in [5, 5.41) is 18.0. The Morgan fingerprint density at radius 3 is 2.00 bits per heavy atom. The predicted molar refractivity (Wildman–Crippen MR) is 131 cm³/mol. The van der Waals surface area contributed by atoms with Crippen LogP contribution in [0.25, 0.3) is 6.08 Å². The molecule has 0 amide bonds. The van der Waals surface area contributed by atoms with Gasteiger partial charge in [0, 0.05) is 12.0 Å². The zero-order chi connectivity index (χ0) is 24.3. The number of ether oxygens (including phenoxy) is 2. The molecule has 6 heteroatoms. The van der Waals surface area contributed by atoms with Crippen molar-refractivity contribution in [1.82, 2.24) is 0 Å². The van der Waals surface area contributed by atoms with Gasteiger partial charge < -0.3 is 19.7 Å². The van der Waals surface area contributed by atoms with Gasteiger partial charge in [-0.25, -0.2) is 4.79 Å². The minimum atomic E-state index is -1.08. The van der Waals surface area contributed by atoms with Gasteiger partial charge in [-0.2, -0.15) is 0 Å². The smallest absolute Gasteiger partial charge is 0.333 e.